The van der Waals surface area contributed by atoms with Crippen LogP contribution in [0.5, 0.6) is 0 Å². The van der Waals surface area contributed by atoms with Crippen molar-refractivity contribution in [3.63, 3.8) is 0 Å². The van der Waals surface area contributed by atoms with E-state index in [2.05, 4.69) is 25.3 Å². The lowest BCUT2D eigenvalue weighted by Gasteiger charge is -2.37. The highest BCUT2D eigenvalue weighted by atomic mass is 32.1. The number of unbranched alkanes of at least 4 members (excludes halogenated alkanes) is 4. The Balaban J connectivity index is 1.76. The zero-order chi connectivity index (χ0) is 22.9. The lowest BCUT2D eigenvalue weighted by Crippen LogP contribution is -2.47. The minimum atomic E-state index is -0.285. The molecule has 0 N–H and O–H groups in total. The standard InChI is InChI=1S/C26H35FN2O2S/c1-3-5-7-8-9-24(30)28(16-6-4-2)19-25(31)29-17-14-23-22(15-18-32-23)26(29)20-10-12-21(27)13-11-20/h10-13,15,18,26H,3-9,14,16-17,19H2,1-2H3. The smallest absolute Gasteiger partial charge is 0.242 e. The van der Waals surface area contributed by atoms with Crippen LogP contribution >= 0.6 is 11.3 Å². The Hall–Kier alpha value is -2.21. The number of carbonyl (C=O) groups excluding carboxylic acids is 2. The summed E-state index contributed by atoms with van der Waals surface area (Å²) in [5.74, 6) is -0.240. The van der Waals surface area contributed by atoms with Crippen molar-refractivity contribution < 1.29 is 14.0 Å². The molecule has 4 nitrogen and oxygen atoms in total. The Kier molecular flexibility index (Phi) is 9.27. The summed E-state index contributed by atoms with van der Waals surface area (Å²) in [5, 5.41) is 2.06. The zero-order valence-corrected chi connectivity index (χ0v) is 20.1. The van der Waals surface area contributed by atoms with Crippen molar-refractivity contribution in [3.8, 4) is 0 Å². The molecule has 1 aromatic carbocycles. The summed E-state index contributed by atoms with van der Waals surface area (Å²) in [4.78, 5) is 31.3. The van der Waals surface area contributed by atoms with Gasteiger partial charge in [-0.05, 0) is 54.0 Å². The molecule has 1 aliphatic heterocycles. The van der Waals surface area contributed by atoms with Gasteiger partial charge in [0.25, 0.3) is 0 Å². The second kappa shape index (κ2) is 12.1. The molecule has 0 saturated heterocycles. The van der Waals surface area contributed by atoms with Crippen molar-refractivity contribution in [2.45, 2.75) is 71.3 Å². The van der Waals surface area contributed by atoms with Gasteiger partial charge in [0.1, 0.15) is 5.82 Å². The molecule has 2 heterocycles. The van der Waals surface area contributed by atoms with Gasteiger partial charge in [0.15, 0.2) is 0 Å². The molecule has 1 unspecified atom stereocenters. The molecule has 3 rings (SSSR count). The maximum atomic E-state index is 13.6. The van der Waals surface area contributed by atoms with Crippen molar-refractivity contribution in [3.05, 3.63) is 57.5 Å². The maximum Gasteiger partial charge on any atom is 0.242 e. The summed E-state index contributed by atoms with van der Waals surface area (Å²) in [6.07, 6.45) is 7.40. The van der Waals surface area contributed by atoms with Gasteiger partial charge in [-0.15, -0.1) is 11.3 Å². The first-order valence-electron chi connectivity index (χ1n) is 11.9. The molecule has 6 heteroatoms. The van der Waals surface area contributed by atoms with Crippen LogP contribution in [0, 0.1) is 5.82 Å². The van der Waals surface area contributed by atoms with E-state index < -0.39 is 0 Å². The van der Waals surface area contributed by atoms with Gasteiger partial charge in [0, 0.05) is 24.4 Å². The Morgan fingerprint density at radius 2 is 1.81 bits per heavy atom. The van der Waals surface area contributed by atoms with Crippen LogP contribution < -0.4 is 0 Å². The van der Waals surface area contributed by atoms with Gasteiger partial charge in [0.05, 0.1) is 12.6 Å². The van der Waals surface area contributed by atoms with E-state index >= 15 is 0 Å². The number of rotatable bonds is 11. The number of halogens is 1. The van der Waals surface area contributed by atoms with Crippen LogP contribution in [-0.4, -0.2) is 41.2 Å². The van der Waals surface area contributed by atoms with E-state index in [1.165, 1.54) is 17.0 Å². The molecule has 1 aromatic heterocycles. The highest BCUT2D eigenvalue weighted by Gasteiger charge is 2.33. The Bertz CT molecular complexity index is 880. The molecule has 0 spiro atoms. The van der Waals surface area contributed by atoms with Crippen LogP contribution in [-0.2, 0) is 16.0 Å². The molecule has 0 aliphatic carbocycles. The summed E-state index contributed by atoms with van der Waals surface area (Å²) in [7, 11) is 0. The van der Waals surface area contributed by atoms with Crippen LogP contribution in [0.1, 0.15) is 80.8 Å². The number of hydrogen-bond donors (Lipinski definition) is 0. The second-order valence-electron chi connectivity index (χ2n) is 8.57. The monoisotopic (exact) mass is 458 g/mol. The number of amides is 2. The SMILES string of the molecule is CCCCCCC(=O)N(CCCC)CC(=O)N1CCc2sccc2C1c1ccc(F)cc1. The molecule has 0 radical (unpaired) electrons. The molecule has 1 aliphatic rings. The van der Waals surface area contributed by atoms with E-state index in [-0.39, 0.29) is 30.2 Å². The highest BCUT2D eigenvalue weighted by molar-refractivity contribution is 7.10. The van der Waals surface area contributed by atoms with E-state index in [0.29, 0.717) is 19.5 Å². The molecule has 0 fully saturated rings. The summed E-state index contributed by atoms with van der Waals surface area (Å²) in [6, 6.07) is 8.27. The molecule has 1 atom stereocenters. The second-order valence-corrected chi connectivity index (χ2v) is 9.57. The van der Waals surface area contributed by atoms with Crippen LogP contribution in [0.2, 0.25) is 0 Å². The van der Waals surface area contributed by atoms with E-state index in [9.17, 15) is 14.0 Å². The fraction of sp³-hybridized carbons (Fsp3) is 0.538. The van der Waals surface area contributed by atoms with Gasteiger partial charge in [0.2, 0.25) is 11.8 Å². The van der Waals surface area contributed by atoms with Gasteiger partial charge >= 0.3 is 0 Å². The normalized spacial score (nSPS) is 15.5. The fourth-order valence-corrected chi connectivity index (χ4v) is 5.25. The van der Waals surface area contributed by atoms with Crippen LogP contribution in [0.25, 0.3) is 0 Å². The first-order chi connectivity index (χ1) is 15.5. The van der Waals surface area contributed by atoms with E-state index in [1.807, 2.05) is 4.90 Å². The lowest BCUT2D eigenvalue weighted by molar-refractivity contribution is -0.141. The average molecular weight is 459 g/mol. The third kappa shape index (κ3) is 6.18. The number of fused-ring (bicyclic) bond motifs is 1. The van der Waals surface area contributed by atoms with E-state index in [0.717, 1.165) is 56.1 Å². The van der Waals surface area contributed by atoms with E-state index in [1.54, 1.807) is 28.4 Å². The molecular weight excluding hydrogens is 423 g/mol. The summed E-state index contributed by atoms with van der Waals surface area (Å²) >= 11 is 1.71. The predicted octanol–water partition coefficient (Wildman–Crippen LogP) is 5.96. The average Bonchev–Trinajstić information content (AvgIpc) is 3.28. The molecule has 0 saturated carbocycles. The number of benzene rings is 1. The Morgan fingerprint density at radius 1 is 1.06 bits per heavy atom. The largest absolute Gasteiger partial charge is 0.333 e. The van der Waals surface area contributed by atoms with Crippen LogP contribution in [0.4, 0.5) is 4.39 Å². The summed E-state index contributed by atoms with van der Waals surface area (Å²) in [6.45, 7) is 5.60. The Morgan fingerprint density at radius 3 is 2.53 bits per heavy atom. The van der Waals surface area contributed by atoms with Crippen molar-refractivity contribution in [2.75, 3.05) is 19.6 Å². The van der Waals surface area contributed by atoms with Crippen LogP contribution in [0.3, 0.4) is 0 Å². The predicted molar refractivity (Wildman–Crippen MR) is 128 cm³/mol. The molecule has 2 aromatic rings. The quantitative estimate of drug-likeness (QED) is 0.390. The van der Waals surface area contributed by atoms with Crippen molar-refractivity contribution in [1.82, 2.24) is 9.80 Å². The first-order valence-corrected chi connectivity index (χ1v) is 12.8. The van der Waals surface area contributed by atoms with Gasteiger partial charge in [-0.25, -0.2) is 4.39 Å². The van der Waals surface area contributed by atoms with Gasteiger partial charge < -0.3 is 9.80 Å². The molecular formula is C26H35FN2O2S. The third-order valence-electron chi connectivity index (χ3n) is 6.18. The van der Waals surface area contributed by atoms with Crippen molar-refractivity contribution in [2.24, 2.45) is 0 Å². The topological polar surface area (TPSA) is 40.6 Å². The summed E-state index contributed by atoms with van der Waals surface area (Å²) < 4.78 is 13.6. The number of nitrogens with zero attached hydrogens (tertiary/aromatic N) is 2. The third-order valence-corrected chi connectivity index (χ3v) is 7.17. The molecule has 174 valence electrons. The Labute approximate surface area is 195 Å². The minimum absolute atomic E-state index is 0.0332. The maximum absolute atomic E-state index is 13.6. The van der Waals surface area contributed by atoms with Gasteiger partial charge in [-0.2, -0.15) is 0 Å². The van der Waals surface area contributed by atoms with Crippen LogP contribution in [0.15, 0.2) is 35.7 Å². The van der Waals surface area contributed by atoms with E-state index in [4.69, 9.17) is 0 Å². The van der Waals surface area contributed by atoms with Gasteiger partial charge in [-0.1, -0.05) is 51.7 Å². The molecule has 0 bridgehead atoms. The number of carbonyl (C=O) groups is 2. The highest BCUT2D eigenvalue weighted by Crippen LogP contribution is 2.38. The van der Waals surface area contributed by atoms with Gasteiger partial charge in [-0.3, -0.25) is 9.59 Å². The minimum Gasteiger partial charge on any atom is -0.333 e. The first kappa shape index (κ1) is 24.4. The van der Waals surface area contributed by atoms with Crippen molar-refractivity contribution in [1.29, 1.82) is 0 Å². The zero-order valence-electron chi connectivity index (χ0n) is 19.3. The molecule has 2 amide bonds. The fourth-order valence-electron chi connectivity index (χ4n) is 4.35. The number of thiophene rings is 1. The van der Waals surface area contributed by atoms with Crippen molar-refractivity contribution >= 4 is 23.2 Å². The molecule has 32 heavy (non-hydrogen) atoms. The summed E-state index contributed by atoms with van der Waals surface area (Å²) in [5.41, 5.74) is 2.03. The number of hydrogen-bond acceptors (Lipinski definition) is 3. The lowest BCUT2D eigenvalue weighted by atomic mass is 9.93.